The van der Waals surface area contributed by atoms with Crippen LogP contribution in [0.3, 0.4) is 0 Å². The van der Waals surface area contributed by atoms with Gasteiger partial charge in [-0.05, 0) is 37.3 Å². The topological polar surface area (TPSA) is 39.7 Å². The maximum Gasteiger partial charge on any atom is 0.134 e. The van der Waals surface area contributed by atoms with Crippen LogP contribution in [0.1, 0.15) is 30.2 Å². The Bertz CT molecular complexity index is 442. The van der Waals surface area contributed by atoms with Crippen molar-refractivity contribution in [3.63, 3.8) is 0 Å². The van der Waals surface area contributed by atoms with Crippen LogP contribution in [-0.2, 0) is 9.47 Å². The van der Waals surface area contributed by atoms with E-state index in [9.17, 15) is 0 Å². The molecule has 1 aromatic rings. The summed E-state index contributed by atoms with van der Waals surface area (Å²) in [4.78, 5) is 1.30. The van der Waals surface area contributed by atoms with Crippen molar-refractivity contribution in [1.82, 2.24) is 5.32 Å². The van der Waals surface area contributed by atoms with Crippen molar-refractivity contribution in [3.8, 4) is 5.75 Å². The molecule has 0 bridgehead atoms. The van der Waals surface area contributed by atoms with Gasteiger partial charge in [-0.2, -0.15) is 0 Å². The third-order valence-corrected chi connectivity index (χ3v) is 5.52. The van der Waals surface area contributed by atoms with Crippen LogP contribution in [0.25, 0.3) is 0 Å². The zero-order chi connectivity index (χ0) is 14.0. The fourth-order valence-corrected chi connectivity index (χ4v) is 4.56. The minimum absolute atomic E-state index is 0.0392. The minimum Gasteiger partial charge on any atom is -0.496 e. The van der Waals surface area contributed by atoms with E-state index in [2.05, 4.69) is 16.8 Å². The lowest BCUT2D eigenvalue weighted by atomic mass is 9.80. The fraction of sp³-hybridized carbons (Fsp3) is 0.733. The van der Waals surface area contributed by atoms with E-state index in [0.29, 0.717) is 12.0 Å². The summed E-state index contributed by atoms with van der Waals surface area (Å²) >= 11 is 1.77. The van der Waals surface area contributed by atoms with Crippen molar-refractivity contribution >= 4 is 11.3 Å². The highest BCUT2D eigenvalue weighted by Crippen LogP contribution is 2.44. The van der Waals surface area contributed by atoms with E-state index in [4.69, 9.17) is 14.2 Å². The number of thiophene rings is 1. The number of hydrogen-bond donors (Lipinski definition) is 1. The molecule has 5 heteroatoms. The van der Waals surface area contributed by atoms with Crippen LogP contribution in [0, 0.1) is 5.92 Å². The summed E-state index contributed by atoms with van der Waals surface area (Å²) in [6.45, 7) is 2.42. The minimum atomic E-state index is -0.0392. The largest absolute Gasteiger partial charge is 0.496 e. The van der Waals surface area contributed by atoms with Crippen molar-refractivity contribution in [3.05, 3.63) is 16.3 Å². The van der Waals surface area contributed by atoms with Crippen molar-refractivity contribution in [1.29, 1.82) is 0 Å². The van der Waals surface area contributed by atoms with Crippen LogP contribution in [0.15, 0.2) is 11.4 Å². The molecule has 0 aromatic carbocycles. The van der Waals surface area contributed by atoms with Crippen LogP contribution in [0.4, 0.5) is 0 Å². The first kappa shape index (κ1) is 14.3. The number of ether oxygens (including phenoxy) is 3. The predicted molar refractivity (Wildman–Crippen MR) is 79.5 cm³/mol. The fourth-order valence-electron chi connectivity index (χ4n) is 3.50. The molecule has 20 heavy (non-hydrogen) atoms. The Balaban J connectivity index is 1.78. The molecule has 0 aliphatic carbocycles. The van der Waals surface area contributed by atoms with Gasteiger partial charge in [0.1, 0.15) is 5.75 Å². The summed E-state index contributed by atoms with van der Waals surface area (Å²) in [5.74, 6) is 1.57. The molecule has 0 saturated carbocycles. The van der Waals surface area contributed by atoms with Gasteiger partial charge in [0.25, 0.3) is 0 Å². The maximum absolute atomic E-state index is 6.04. The Morgan fingerprint density at radius 3 is 3.10 bits per heavy atom. The second-order valence-electron chi connectivity index (χ2n) is 5.71. The SMILES string of the molecule is CNC(c1sccc1OC)C1CCOC2(CCOC2)C1. The molecule has 112 valence electrons. The summed E-state index contributed by atoms with van der Waals surface area (Å²) < 4.78 is 17.1. The van der Waals surface area contributed by atoms with E-state index in [1.165, 1.54) is 4.88 Å². The van der Waals surface area contributed by atoms with E-state index >= 15 is 0 Å². The monoisotopic (exact) mass is 297 g/mol. The van der Waals surface area contributed by atoms with Crippen molar-refractivity contribution < 1.29 is 14.2 Å². The lowest BCUT2D eigenvalue weighted by Gasteiger charge is -2.40. The molecule has 1 aromatic heterocycles. The number of nitrogens with one attached hydrogen (secondary N) is 1. The normalized spacial score (nSPS) is 31.6. The molecule has 3 heterocycles. The second kappa shape index (κ2) is 6.02. The highest BCUT2D eigenvalue weighted by atomic mass is 32.1. The number of hydrogen-bond acceptors (Lipinski definition) is 5. The van der Waals surface area contributed by atoms with Crippen LogP contribution >= 0.6 is 11.3 Å². The smallest absolute Gasteiger partial charge is 0.134 e. The number of methoxy groups -OCH3 is 1. The van der Waals surface area contributed by atoms with E-state index in [0.717, 1.165) is 44.8 Å². The first-order valence-electron chi connectivity index (χ1n) is 7.28. The van der Waals surface area contributed by atoms with Crippen LogP contribution in [0.5, 0.6) is 5.75 Å². The average molecular weight is 297 g/mol. The van der Waals surface area contributed by atoms with Crippen LogP contribution in [-0.4, -0.2) is 39.6 Å². The van der Waals surface area contributed by atoms with Gasteiger partial charge in [0.15, 0.2) is 0 Å². The zero-order valence-corrected chi connectivity index (χ0v) is 13.0. The second-order valence-corrected chi connectivity index (χ2v) is 6.65. The first-order valence-corrected chi connectivity index (χ1v) is 8.16. The van der Waals surface area contributed by atoms with Crippen molar-refractivity contribution in [2.24, 2.45) is 5.92 Å². The van der Waals surface area contributed by atoms with Crippen molar-refractivity contribution in [2.45, 2.75) is 30.9 Å². The van der Waals surface area contributed by atoms with Gasteiger partial charge < -0.3 is 19.5 Å². The molecule has 2 aliphatic heterocycles. The summed E-state index contributed by atoms with van der Waals surface area (Å²) in [7, 11) is 3.78. The molecule has 3 atom stereocenters. The van der Waals surface area contributed by atoms with E-state index < -0.39 is 0 Å². The molecule has 2 fully saturated rings. The Hall–Kier alpha value is -0.620. The molecule has 1 N–H and O–H groups in total. The third-order valence-electron chi connectivity index (χ3n) is 4.54. The molecule has 1 spiro atoms. The molecular weight excluding hydrogens is 274 g/mol. The average Bonchev–Trinajstić information content (AvgIpc) is 3.10. The van der Waals surface area contributed by atoms with Crippen LogP contribution in [0.2, 0.25) is 0 Å². The van der Waals surface area contributed by atoms with Gasteiger partial charge >= 0.3 is 0 Å². The van der Waals surface area contributed by atoms with Crippen molar-refractivity contribution in [2.75, 3.05) is 34.0 Å². The summed E-state index contributed by atoms with van der Waals surface area (Å²) in [5, 5.41) is 5.59. The van der Waals surface area contributed by atoms with Gasteiger partial charge in [0, 0.05) is 25.7 Å². The highest BCUT2D eigenvalue weighted by molar-refractivity contribution is 7.10. The Morgan fingerprint density at radius 1 is 1.50 bits per heavy atom. The summed E-state index contributed by atoms with van der Waals surface area (Å²) in [6.07, 6.45) is 3.19. The van der Waals surface area contributed by atoms with Gasteiger partial charge in [-0.3, -0.25) is 0 Å². The Labute approximate surface area is 124 Å². The molecule has 2 saturated heterocycles. The van der Waals surface area contributed by atoms with Gasteiger partial charge in [0.2, 0.25) is 0 Å². The Kier molecular flexibility index (Phi) is 4.31. The molecule has 0 amide bonds. The third kappa shape index (κ3) is 2.60. The molecule has 0 radical (unpaired) electrons. The standard InChI is InChI=1S/C15H23NO3S/c1-16-13(14-12(17-2)4-8-20-14)11-3-6-19-15(9-11)5-7-18-10-15/h4,8,11,13,16H,3,5-7,9-10H2,1-2H3. The van der Waals surface area contributed by atoms with Crippen LogP contribution < -0.4 is 10.1 Å². The lowest BCUT2D eigenvalue weighted by molar-refractivity contribution is -0.103. The highest BCUT2D eigenvalue weighted by Gasteiger charge is 2.43. The Morgan fingerprint density at radius 2 is 2.40 bits per heavy atom. The van der Waals surface area contributed by atoms with E-state index in [1.807, 2.05) is 7.05 Å². The number of rotatable bonds is 4. The first-order chi connectivity index (χ1) is 9.78. The molecule has 3 unspecified atom stereocenters. The van der Waals surface area contributed by atoms with Gasteiger partial charge in [-0.15, -0.1) is 11.3 Å². The van der Waals surface area contributed by atoms with E-state index in [1.54, 1.807) is 18.4 Å². The maximum atomic E-state index is 6.04. The summed E-state index contributed by atoms with van der Waals surface area (Å²) in [5.41, 5.74) is -0.0392. The predicted octanol–water partition coefficient (Wildman–Crippen LogP) is 2.60. The van der Waals surface area contributed by atoms with Gasteiger partial charge in [-0.1, -0.05) is 0 Å². The molecular formula is C15H23NO3S. The quantitative estimate of drug-likeness (QED) is 0.927. The van der Waals surface area contributed by atoms with Gasteiger partial charge in [-0.25, -0.2) is 0 Å². The van der Waals surface area contributed by atoms with Gasteiger partial charge in [0.05, 0.1) is 24.2 Å². The lowest BCUT2D eigenvalue weighted by Crippen LogP contribution is -2.43. The van der Waals surface area contributed by atoms with E-state index in [-0.39, 0.29) is 5.60 Å². The molecule has 2 aliphatic rings. The molecule has 4 nitrogen and oxygen atoms in total. The zero-order valence-electron chi connectivity index (χ0n) is 12.2. The summed E-state index contributed by atoms with van der Waals surface area (Å²) in [6, 6.07) is 2.39. The molecule has 3 rings (SSSR count).